The number of carbonyl (C=O) groups excluding carboxylic acids is 1. The van der Waals surface area contributed by atoms with Crippen LogP contribution in [-0.4, -0.2) is 31.7 Å². The molecule has 1 amide bonds. The minimum absolute atomic E-state index is 0. The number of methoxy groups -OCH3 is 1. The Bertz CT molecular complexity index is 504. The summed E-state index contributed by atoms with van der Waals surface area (Å²) in [6.45, 7) is 6.70. The fourth-order valence-corrected chi connectivity index (χ4v) is 2.16. The van der Waals surface area contributed by atoms with E-state index in [1.807, 2.05) is 20.8 Å². The summed E-state index contributed by atoms with van der Waals surface area (Å²) >= 11 is 3.42. The molecule has 3 N–H and O–H groups in total. The van der Waals surface area contributed by atoms with Gasteiger partial charge in [0, 0.05) is 17.6 Å². The van der Waals surface area contributed by atoms with Crippen molar-refractivity contribution < 1.29 is 14.3 Å². The van der Waals surface area contributed by atoms with Crippen molar-refractivity contribution in [2.24, 2.45) is 5.73 Å². The Hall–Kier alpha value is -0.980. The van der Waals surface area contributed by atoms with Gasteiger partial charge in [0.1, 0.15) is 0 Å². The minimum Gasteiger partial charge on any atom is -0.493 e. The SMILES string of the molecule is CCCOc1c(Br)cc(C(=O)NCC(C)(C)N)cc1OC.Cl. The van der Waals surface area contributed by atoms with Gasteiger partial charge in [0.2, 0.25) is 0 Å². The van der Waals surface area contributed by atoms with Crippen LogP contribution in [0.15, 0.2) is 16.6 Å². The Morgan fingerprint density at radius 2 is 2.05 bits per heavy atom. The first-order chi connectivity index (χ1) is 9.78. The van der Waals surface area contributed by atoms with Gasteiger partial charge in [-0.2, -0.15) is 0 Å². The average molecular weight is 396 g/mol. The van der Waals surface area contributed by atoms with Crippen LogP contribution in [0.25, 0.3) is 0 Å². The predicted octanol–water partition coefficient (Wildman–Crippen LogP) is 3.14. The standard InChI is InChI=1S/C15H23BrN2O3.ClH/c1-5-6-21-13-11(16)7-10(8-12(13)20-4)14(19)18-9-15(2,3)17;/h7-8H,5-6,9,17H2,1-4H3,(H,18,19);1H. The molecule has 1 aromatic rings. The molecule has 1 aromatic carbocycles. The van der Waals surface area contributed by atoms with Gasteiger partial charge in [-0.05, 0) is 48.3 Å². The maximum atomic E-state index is 12.2. The smallest absolute Gasteiger partial charge is 0.251 e. The van der Waals surface area contributed by atoms with Gasteiger partial charge in [-0.1, -0.05) is 6.92 Å². The molecule has 0 fully saturated rings. The van der Waals surface area contributed by atoms with Gasteiger partial charge in [-0.3, -0.25) is 4.79 Å². The molecule has 0 saturated heterocycles. The number of carbonyl (C=O) groups is 1. The first-order valence-electron chi connectivity index (χ1n) is 6.86. The quantitative estimate of drug-likeness (QED) is 0.744. The summed E-state index contributed by atoms with van der Waals surface area (Å²) < 4.78 is 11.6. The summed E-state index contributed by atoms with van der Waals surface area (Å²) in [6, 6.07) is 3.38. The van der Waals surface area contributed by atoms with E-state index in [1.54, 1.807) is 19.2 Å². The van der Waals surface area contributed by atoms with E-state index in [0.717, 1.165) is 6.42 Å². The number of rotatable bonds is 7. The van der Waals surface area contributed by atoms with Gasteiger partial charge < -0.3 is 20.5 Å². The van der Waals surface area contributed by atoms with Gasteiger partial charge in [-0.25, -0.2) is 0 Å². The van der Waals surface area contributed by atoms with E-state index in [9.17, 15) is 4.79 Å². The summed E-state index contributed by atoms with van der Waals surface area (Å²) in [5, 5.41) is 2.80. The molecule has 5 nitrogen and oxygen atoms in total. The molecule has 126 valence electrons. The van der Waals surface area contributed by atoms with Gasteiger partial charge >= 0.3 is 0 Å². The topological polar surface area (TPSA) is 73.6 Å². The molecular formula is C15H24BrClN2O3. The second kappa shape index (κ2) is 9.22. The highest BCUT2D eigenvalue weighted by atomic mass is 79.9. The maximum absolute atomic E-state index is 12.2. The lowest BCUT2D eigenvalue weighted by molar-refractivity contribution is 0.0945. The number of amides is 1. The summed E-state index contributed by atoms with van der Waals surface area (Å²) in [4.78, 5) is 12.2. The number of hydrogen-bond donors (Lipinski definition) is 2. The summed E-state index contributed by atoms with van der Waals surface area (Å²) in [6.07, 6.45) is 0.892. The monoisotopic (exact) mass is 394 g/mol. The molecule has 0 spiro atoms. The van der Waals surface area contributed by atoms with Gasteiger partial charge in [0.05, 0.1) is 18.2 Å². The molecule has 0 aliphatic carbocycles. The normalized spacial score (nSPS) is 10.6. The number of hydrogen-bond acceptors (Lipinski definition) is 4. The van der Waals surface area contributed by atoms with E-state index >= 15 is 0 Å². The molecule has 0 unspecified atom stereocenters. The number of halogens is 2. The third kappa shape index (κ3) is 6.42. The number of benzene rings is 1. The van der Waals surface area contributed by atoms with Crippen molar-refractivity contribution >= 4 is 34.2 Å². The maximum Gasteiger partial charge on any atom is 0.251 e. The highest BCUT2D eigenvalue weighted by molar-refractivity contribution is 9.10. The van der Waals surface area contributed by atoms with Crippen LogP contribution < -0.4 is 20.5 Å². The van der Waals surface area contributed by atoms with Crippen molar-refractivity contribution in [1.29, 1.82) is 0 Å². The van der Waals surface area contributed by atoms with Gasteiger partial charge in [0.25, 0.3) is 5.91 Å². The van der Waals surface area contributed by atoms with Crippen LogP contribution >= 0.6 is 28.3 Å². The van der Waals surface area contributed by atoms with Crippen LogP contribution in [0.4, 0.5) is 0 Å². The van der Waals surface area contributed by atoms with Crippen LogP contribution in [-0.2, 0) is 0 Å². The van der Waals surface area contributed by atoms with Crippen molar-refractivity contribution in [3.05, 3.63) is 22.2 Å². The lowest BCUT2D eigenvalue weighted by Crippen LogP contribution is -2.45. The molecule has 0 radical (unpaired) electrons. The second-order valence-corrected chi connectivity index (χ2v) is 6.36. The molecule has 0 aliphatic heterocycles. The lowest BCUT2D eigenvalue weighted by Gasteiger charge is -2.19. The van der Waals surface area contributed by atoms with Crippen LogP contribution in [0.1, 0.15) is 37.6 Å². The minimum atomic E-state index is -0.457. The molecule has 0 heterocycles. The Balaban J connectivity index is 0.00000441. The van der Waals surface area contributed by atoms with Crippen LogP contribution in [0, 0.1) is 0 Å². The molecule has 1 rings (SSSR count). The van der Waals surface area contributed by atoms with E-state index in [-0.39, 0.29) is 18.3 Å². The average Bonchev–Trinajstić information content (AvgIpc) is 2.41. The molecule has 0 bridgehead atoms. The fourth-order valence-electron chi connectivity index (χ4n) is 1.61. The van der Waals surface area contributed by atoms with Crippen LogP contribution in [0.3, 0.4) is 0 Å². The van der Waals surface area contributed by atoms with Crippen molar-refractivity contribution in [1.82, 2.24) is 5.32 Å². The predicted molar refractivity (Wildman–Crippen MR) is 94.3 cm³/mol. The molecule has 22 heavy (non-hydrogen) atoms. The summed E-state index contributed by atoms with van der Waals surface area (Å²) in [5.74, 6) is 0.930. The van der Waals surface area contributed by atoms with Crippen molar-refractivity contribution in [2.45, 2.75) is 32.7 Å². The lowest BCUT2D eigenvalue weighted by atomic mass is 10.1. The van der Waals surface area contributed by atoms with E-state index in [4.69, 9.17) is 15.2 Å². The Kier molecular flexibility index (Phi) is 8.81. The zero-order valence-electron chi connectivity index (χ0n) is 13.4. The molecule has 7 heteroatoms. The number of nitrogens with one attached hydrogen (secondary N) is 1. The first kappa shape index (κ1) is 21.0. The zero-order valence-corrected chi connectivity index (χ0v) is 15.8. The van der Waals surface area contributed by atoms with Crippen molar-refractivity contribution in [2.75, 3.05) is 20.3 Å². The number of ether oxygens (including phenoxy) is 2. The van der Waals surface area contributed by atoms with Crippen LogP contribution in [0.5, 0.6) is 11.5 Å². The van der Waals surface area contributed by atoms with Gasteiger partial charge in [0.15, 0.2) is 11.5 Å². The van der Waals surface area contributed by atoms with E-state index in [1.165, 1.54) is 0 Å². The Morgan fingerprint density at radius 1 is 1.41 bits per heavy atom. The fraction of sp³-hybridized carbons (Fsp3) is 0.533. The van der Waals surface area contributed by atoms with Crippen molar-refractivity contribution in [3.8, 4) is 11.5 Å². The Labute approximate surface area is 146 Å². The highest BCUT2D eigenvalue weighted by Gasteiger charge is 2.17. The highest BCUT2D eigenvalue weighted by Crippen LogP contribution is 2.36. The molecule has 0 aliphatic rings. The third-order valence-electron chi connectivity index (χ3n) is 2.65. The summed E-state index contributed by atoms with van der Waals surface area (Å²) in [7, 11) is 1.55. The first-order valence-corrected chi connectivity index (χ1v) is 7.65. The molecule has 0 aromatic heterocycles. The Morgan fingerprint density at radius 3 is 2.55 bits per heavy atom. The zero-order chi connectivity index (χ0) is 16.0. The molecular weight excluding hydrogens is 372 g/mol. The van der Waals surface area contributed by atoms with E-state index < -0.39 is 5.54 Å². The third-order valence-corrected chi connectivity index (χ3v) is 3.24. The second-order valence-electron chi connectivity index (χ2n) is 5.51. The molecule has 0 saturated carbocycles. The summed E-state index contributed by atoms with van der Waals surface area (Å²) in [5.41, 5.74) is 5.89. The van der Waals surface area contributed by atoms with Crippen molar-refractivity contribution in [3.63, 3.8) is 0 Å². The number of nitrogens with two attached hydrogens (primary N) is 1. The van der Waals surface area contributed by atoms with E-state index in [2.05, 4.69) is 21.2 Å². The molecule has 0 atom stereocenters. The largest absolute Gasteiger partial charge is 0.493 e. The van der Waals surface area contributed by atoms with E-state index in [0.29, 0.717) is 34.7 Å². The van der Waals surface area contributed by atoms with Gasteiger partial charge in [-0.15, -0.1) is 12.4 Å². The van der Waals surface area contributed by atoms with Crippen LogP contribution in [0.2, 0.25) is 0 Å².